The maximum atomic E-state index is 10.4. The Kier molecular flexibility index (Phi) is 13.9. The van der Waals surface area contributed by atoms with Gasteiger partial charge in [-0.15, -0.1) is 0 Å². The van der Waals surface area contributed by atoms with Crippen molar-refractivity contribution in [3.63, 3.8) is 0 Å². The third-order valence-corrected chi connectivity index (χ3v) is 10.1. The number of rotatable bonds is 14. The summed E-state index contributed by atoms with van der Waals surface area (Å²) in [7, 11) is 0. The molecule has 0 aliphatic carbocycles. The van der Waals surface area contributed by atoms with Crippen molar-refractivity contribution >= 4 is 11.9 Å². The van der Waals surface area contributed by atoms with Gasteiger partial charge in [0.15, 0.2) is 0 Å². The van der Waals surface area contributed by atoms with Gasteiger partial charge in [-0.05, 0) is 80.1 Å². The number of hydrogen-bond donors (Lipinski definition) is 4. The zero-order valence-electron chi connectivity index (χ0n) is 34.8. The van der Waals surface area contributed by atoms with Crippen molar-refractivity contribution in [1.29, 1.82) is 0 Å². The van der Waals surface area contributed by atoms with E-state index in [0.717, 1.165) is 56.8 Å². The van der Waals surface area contributed by atoms with E-state index in [0.29, 0.717) is 31.4 Å². The van der Waals surface area contributed by atoms with E-state index in [1.807, 2.05) is 98.2 Å². The Labute approximate surface area is 358 Å². The van der Waals surface area contributed by atoms with E-state index in [-0.39, 0.29) is 0 Å². The van der Waals surface area contributed by atoms with Gasteiger partial charge >= 0.3 is 0 Å². The molecule has 0 radical (unpaired) electrons. The van der Waals surface area contributed by atoms with Crippen molar-refractivity contribution in [2.75, 3.05) is 23.7 Å². The summed E-state index contributed by atoms with van der Waals surface area (Å²) in [6, 6.07) is 44.5. The van der Waals surface area contributed by atoms with Crippen LogP contribution < -0.4 is 16.4 Å². The molecule has 306 valence electrons. The van der Waals surface area contributed by atoms with Crippen molar-refractivity contribution in [2.45, 2.75) is 45.3 Å². The highest BCUT2D eigenvalue weighted by Gasteiger charge is 2.20. The van der Waals surface area contributed by atoms with E-state index in [9.17, 15) is 5.11 Å². The first-order chi connectivity index (χ1) is 29.7. The maximum absolute atomic E-state index is 10.4. The number of nitrogens with two attached hydrogens (primary N) is 1. The van der Waals surface area contributed by atoms with Gasteiger partial charge in [-0.25, -0.2) is 19.9 Å². The average molecular weight is 806 g/mol. The van der Waals surface area contributed by atoms with Crippen LogP contribution in [0.4, 0.5) is 11.9 Å². The van der Waals surface area contributed by atoms with Crippen LogP contribution in [0.3, 0.4) is 0 Å². The Hall–Kier alpha value is -7.14. The molecule has 2 unspecified atom stereocenters. The highest BCUT2D eigenvalue weighted by atomic mass is 16.3. The van der Waals surface area contributed by atoms with Crippen LogP contribution in [0, 0.1) is 13.8 Å². The average Bonchev–Trinajstić information content (AvgIpc) is 3.29. The van der Waals surface area contributed by atoms with E-state index in [2.05, 4.69) is 99.0 Å². The Morgan fingerprint density at radius 2 is 1.08 bits per heavy atom. The largest absolute Gasteiger partial charge is 0.388 e. The molecule has 10 nitrogen and oxygen atoms in total. The monoisotopic (exact) mass is 805 g/mol. The van der Waals surface area contributed by atoms with Crippen LogP contribution in [0.5, 0.6) is 0 Å². The topological polar surface area (TPSA) is 148 Å². The fourth-order valence-electron chi connectivity index (χ4n) is 7.01. The minimum Gasteiger partial charge on any atom is -0.388 e. The summed E-state index contributed by atoms with van der Waals surface area (Å²) in [5.41, 5.74) is 18.4. The van der Waals surface area contributed by atoms with Crippen LogP contribution >= 0.6 is 0 Å². The van der Waals surface area contributed by atoms with Gasteiger partial charge in [0.25, 0.3) is 0 Å². The molecule has 0 amide bonds. The van der Waals surface area contributed by atoms with Gasteiger partial charge in [0, 0.05) is 78.1 Å². The quantitative estimate of drug-likeness (QED) is 0.0837. The third-order valence-electron chi connectivity index (χ3n) is 10.1. The minimum absolute atomic E-state index is 0.434. The molecule has 8 aromatic rings. The summed E-state index contributed by atoms with van der Waals surface area (Å²) < 4.78 is 0. The molecule has 0 saturated heterocycles. The SMILES string of the molecule is Cc1cccc(-c2cnc(NCC(C)(N)Cc3ccccc3)nc2-c2ccncc2)c1.Cc1cccc(-c2cnc(NCCC(O)c3ccccc3)nc2-c2ccncc2)c1. The van der Waals surface area contributed by atoms with Crippen LogP contribution in [0.15, 0.2) is 171 Å². The van der Waals surface area contributed by atoms with Crippen LogP contribution in [0.25, 0.3) is 44.8 Å². The molecule has 0 bridgehead atoms. The number of nitrogens with one attached hydrogen (secondary N) is 2. The molecular weight excluding hydrogens is 755 g/mol. The normalized spacial score (nSPS) is 12.3. The molecule has 5 N–H and O–H groups in total. The van der Waals surface area contributed by atoms with Crippen LogP contribution in [0.2, 0.25) is 0 Å². The van der Waals surface area contributed by atoms with Crippen molar-refractivity contribution in [3.8, 4) is 44.8 Å². The summed E-state index contributed by atoms with van der Waals surface area (Å²) >= 11 is 0. The van der Waals surface area contributed by atoms with Crippen molar-refractivity contribution < 1.29 is 5.11 Å². The zero-order chi connectivity index (χ0) is 42.4. The molecule has 0 aliphatic rings. The zero-order valence-corrected chi connectivity index (χ0v) is 34.8. The summed E-state index contributed by atoms with van der Waals surface area (Å²) in [4.78, 5) is 27.0. The molecule has 4 heterocycles. The van der Waals surface area contributed by atoms with Gasteiger partial charge in [0.2, 0.25) is 11.9 Å². The van der Waals surface area contributed by atoms with Crippen molar-refractivity contribution in [2.24, 2.45) is 5.73 Å². The number of anilines is 2. The van der Waals surface area contributed by atoms with Crippen molar-refractivity contribution in [3.05, 3.63) is 193 Å². The second-order valence-corrected chi connectivity index (χ2v) is 15.4. The van der Waals surface area contributed by atoms with E-state index < -0.39 is 11.6 Å². The molecule has 4 aromatic carbocycles. The number of aliphatic hydroxyl groups is 1. The predicted octanol–water partition coefficient (Wildman–Crippen LogP) is 9.94. The lowest BCUT2D eigenvalue weighted by Crippen LogP contribution is -2.45. The van der Waals surface area contributed by atoms with E-state index in [1.54, 1.807) is 24.8 Å². The van der Waals surface area contributed by atoms with Gasteiger partial charge in [-0.2, -0.15) is 0 Å². The van der Waals surface area contributed by atoms with Gasteiger partial charge in [-0.3, -0.25) is 9.97 Å². The molecule has 2 atom stereocenters. The van der Waals surface area contributed by atoms with Crippen LogP contribution in [0.1, 0.15) is 41.7 Å². The Morgan fingerprint density at radius 1 is 0.590 bits per heavy atom. The molecule has 61 heavy (non-hydrogen) atoms. The Morgan fingerprint density at radius 3 is 1.59 bits per heavy atom. The lowest BCUT2D eigenvalue weighted by molar-refractivity contribution is 0.171. The summed E-state index contributed by atoms with van der Waals surface area (Å²) in [5, 5.41) is 17.0. The molecule has 8 rings (SSSR count). The summed E-state index contributed by atoms with van der Waals surface area (Å²) in [6.07, 6.45) is 11.6. The molecule has 0 saturated carbocycles. The molecule has 4 aromatic heterocycles. The number of aliphatic hydroxyl groups excluding tert-OH is 1. The van der Waals surface area contributed by atoms with Gasteiger partial charge in [-0.1, -0.05) is 120 Å². The number of aromatic nitrogens is 6. The first kappa shape index (κ1) is 42.0. The van der Waals surface area contributed by atoms with E-state index in [1.165, 1.54) is 16.7 Å². The highest BCUT2D eigenvalue weighted by molar-refractivity contribution is 5.82. The smallest absolute Gasteiger partial charge is 0.223 e. The molecule has 0 fully saturated rings. The maximum Gasteiger partial charge on any atom is 0.223 e. The number of hydrogen-bond acceptors (Lipinski definition) is 10. The lowest BCUT2D eigenvalue weighted by atomic mass is 9.94. The molecule has 10 heteroatoms. The summed E-state index contributed by atoms with van der Waals surface area (Å²) in [6.45, 7) is 7.32. The predicted molar refractivity (Wildman–Crippen MR) is 247 cm³/mol. The fraction of sp³-hybridized carbons (Fsp3) is 0.176. The standard InChI is InChI=1S/C26H27N5.C25H24N4O/c1-19-7-6-10-22(15-19)23-17-29-25(31-24(23)21-11-13-28-14-12-21)30-18-26(2,27)16-20-8-4-3-5-9-20;1-18-6-5-9-21(16-18)22-17-28-25(29-24(22)20-10-13-26-14-11-20)27-15-12-23(30)19-7-3-2-4-8-19/h3-15,17H,16,18,27H2,1-2H3,(H,29,30,31);2-11,13-14,16-17,23,30H,12,15H2,1H3,(H,27,28,29). The third kappa shape index (κ3) is 11.8. The first-order valence-electron chi connectivity index (χ1n) is 20.4. The Bertz CT molecular complexity index is 2610. The van der Waals surface area contributed by atoms with E-state index in [4.69, 9.17) is 15.7 Å². The van der Waals surface area contributed by atoms with E-state index >= 15 is 0 Å². The van der Waals surface area contributed by atoms with Gasteiger partial charge < -0.3 is 21.5 Å². The molecular formula is C51H51N9O. The number of pyridine rings is 2. The number of nitrogens with zero attached hydrogens (tertiary/aromatic N) is 6. The molecule has 0 aliphatic heterocycles. The summed E-state index contributed by atoms with van der Waals surface area (Å²) in [5.74, 6) is 1.10. The molecule has 0 spiro atoms. The fourth-order valence-corrected chi connectivity index (χ4v) is 7.01. The van der Waals surface area contributed by atoms with Crippen LogP contribution in [-0.2, 0) is 6.42 Å². The number of benzene rings is 4. The second-order valence-electron chi connectivity index (χ2n) is 15.4. The van der Waals surface area contributed by atoms with Gasteiger partial charge in [0.05, 0.1) is 17.5 Å². The second kappa shape index (κ2) is 20.2. The van der Waals surface area contributed by atoms with Gasteiger partial charge in [0.1, 0.15) is 0 Å². The number of aryl methyl sites for hydroxylation is 2. The van der Waals surface area contributed by atoms with Crippen molar-refractivity contribution in [1.82, 2.24) is 29.9 Å². The minimum atomic E-state index is -0.523. The highest BCUT2D eigenvalue weighted by Crippen LogP contribution is 2.32. The lowest BCUT2D eigenvalue weighted by Gasteiger charge is -2.25. The Balaban J connectivity index is 0.000000184. The first-order valence-corrected chi connectivity index (χ1v) is 20.4. The van der Waals surface area contributed by atoms with Crippen LogP contribution in [-0.4, -0.2) is 53.6 Å².